The number of nitrogens with zero attached hydrogens (tertiary/aromatic N) is 1. The van der Waals surface area contributed by atoms with E-state index in [1.54, 1.807) is 25.3 Å². The van der Waals surface area contributed by atoms with Crippen LogP contribution >= 0.6 is 23.4 Å². The second-order valence-electron chi connectivity index (χ2n) is 5.77. The summed E-state index contributed by atoms with van der Waals surface area (Å²) in [5.41, 5.74) is 6.24. The first-order chi connectivity index (χ1) is 14.0. The lowest BCUT2D eigenvalue weighted by Gasteiger charge is -2.14. The Hall–Kier alpha value is -2.84. The molecule has 0 spiro atoms. The minimum absolute atomic E-state index is 0.219. The second-order valence-corrected chi connectivity index (χ2v) is 7.24. The average molecular weight is 435 g/mol. The third kappa shape index (κ3) is 5.36. The van der Waals surface area contributed by atoms with Crippen LogP contribution in [0.2, 0.25) is 5.02 Å². The molecule has 2 aromatic rings. The zero-order valence-corrected chi connectivity index (χ0v) is 17.4. The Morgan fingerprint density at radius 3 is 2.38 bits per heavy atom. The van der Waals surface area contributed by atoms with E-state index in [1.165, 1.54) is 7.11 Å². The second kappa shape index (κ2) is 9.58. The van der Waals surface area contributed by atoms with Gasteiger partial charge in [0.25, 0.3) is 5.91 Å². The van der Waals surface area contributed by atoms with Crippen LogP contribution in [0.5, 0.6) is 23.0 Å². The number of hydrogen-bond acceptors (Lipinski definition) is 7. The molecule has 3 rings (SSSR count). The Morgan fingerprint density at radius 1 is 1.07 bits per heavy atom. The van der Waals surface area contributed by atoms with E-state index in [2.05, 4.69) is 4.99 Å². The summed E-state index contributed by atoms with van der Waals surface area (Å²) in [4.78, 5) is 15.8. The smallest absolute Gasteiger partial charge is 0.286 e. The molecular formula is C20H19ClN2O5S. The van der Waals surface area contributed by atoms with E-state index in [4.69, 9.17) is 36.3 Å². The summed E-state index contributed by atoms with van der Waals surface area (Å²) >= 11 is 7.47. The van der Waals surface area contributed by atoms with Gasteiger partial charge in [0, 0.05) is 0 Å². The topological polar surface area (TPSA) is 92.4 Å². The van der Waals surface area contributed by atoms with Crippen molar-refractivity contribution in [3.05, 3.63) is 51.9 Å². The predicted molar refractivity (Wildman–Crippen MR) is 114 cm³/mol. The van der Waals surface area contributed by atoms with Crippen LogP contribution < -0.4 is 24.7 Å². The van der Waals surface area contributed by atoms with Gasteiger partial charge in [-0.25, -0.2) is 0 Å². The molecule has 0 bridgehead atoms. The van der Waals surface area contributed by atoms with Crippen molar-refractivity contribution >= 4 is 40.5 Å². The summed E-state index contributed by atoms with van der Waals surface area (Å²) in [5, 5.41) is 0.570. The molecule has 0 atom stereocenters. The van der Waals surface area contributed by atoms with Gasteiger partial charge in [0.05, 0.1) is 24.1 Å². The number of ether oxygens (including phenoxy) is 4. The highest BCUT2D eigenvalue weighted by Gasteiger charge is 2.20. The van der Waals surface area contributed by atoms with Gasteiger partial charge in [0.15, 0.2) is 16.7 Å². The van der Waals surface area contributed by atoms with E-state index in [-0.39, 0.29) is 17.7 Å². The van der Waals surface area contributed by atoms with Crippen molar-refractivity contribution in [2.45, 2.75) is 0 Å². The van der Waals surface area contributed by atoms with Crippen molar-refractivity contribution in [1.82, 2.24) is 0 Å². The number of amides is 1. The maximum absolute atomic E-state index is 11.8. The number of thioether (sulfide) groups is 1. The van der Waals surface area contributed by atoms with Gasteiger partial charge in [-0.05, 0) is 59.8 Å². The van der Waals surface area contributed by atoms with Crippen LogP contribution in [0.15, 0.2) is 46.3 Å². The molecule has 2 aromatic carbocycles. The molecule has 1 aliphatic rings. The van der Waals surface area contributed by atoms with E-state index >= 15 is 0 Å². The summed E-state index contributed by atoms with van der Waals surface area (Å²) in [6, 6.07) is 10.7. The Bertz CT molecular complexity index is 960. The molecule has 0 radical (unpaired) electrons. The van der Waals surface area contributed by atoms with Crippen LogP contribution in [-0.4, -0.2) is 38.5 Å². The third-order valence-electron chi connectivity index (χ3n) is 3.84. The highest BCUT2D eigenvalue weighted by molar-refractivity contribution is 8.18. The Balaban J connectivity index is 1.63. The Kier molecular flexibility index (Phi) is 6.90. The lowest BCUT2D eigenvalue weighted by atomic mass is 10.2. The van der Waals surface area contributed by atoms with Gasteiger partial charge in [0.1, 0.15) is 24.7 Å². The van der Waals surface area contributed by atoms with Crippen molar-refractivity contribution in [2.75, 3.05) is 27.4 Å². The van der Waals surface area contributed by atoms with Gasteiger partial charge in [-0.1, -0.05) is 11.6 Å². The number of carbonyl (C=O) groups excluding carboxylic acids is 1. The number of benzene rings is 2. The number of hydrogen-bond donors (Lipinski definition) is 1. The summed E-state index contributed by atoms with van der Waals surface area (Å²) in [6.45, 7) is 0.584. The molecule has 0 aliphatic carbocycles. The van der Waals surface area contributed by atoms with Crippen molar-refractivity contribution in [2.24, 2.45) is 10.7 Å². The normalized spacial score (nSPS) is 14.7. The third-order valence-corrected chi connectivity index (χ3v) is 4.94. The van der Waals surface area contributed by atoms with Crippen LogP contribution in [0.4, 0.5) is 0 Å². The van der Waals surface area contributed by atoms with E-state index in [9.17, 15) is 4.79 Å². The summed E-state index contributed by atoms with van der Waals surface area (Å²) in [7, 11) is 3.12. The number of amidine groups is 1. The fourth-order valence-corrected chi connectivity index (χ4v) is 3.47. The minimum Gasteiger partial charge on any atom is -0.497 e. The number of nitrogens with two attached hydrogens (primary N) is 1. The average Bonchev–Trinajstić information content (AvgIpc) is 3.03. The standard InChI is InChI=1S/C20H19ClN2O5S/c1-25-13-3-5-14(6-4-13)27-7-8-28-18-15(21)9-12(10-16(18)26-2)11-17-19(24)23-20(22)29-17/h3-6,9-11H,7-8H2,1-2H3,(H2,22,23,24). The maximum atomic E-state index is 11.8. The molecular weight excluding hydrogens is 416 g/mol. The molecule has 152 valence electrons. The van der Waals surface area contributed by atoms with Gasteiger partial charge < -0.3 is 24.7 Å². The summed E-state index contributed by atoms with van der Waals surface area (Å²) in [5.74, 6) is 1.93. The van der Waals surface area contributed by atoms with Gasteiger partial charge in [-0.2, -0.15) is 4.99 Å². The first-order valence-corrected chi connectivity index (χ1v) is 9.75. The molecule has 0 saturated carbocycles. The van der Waals surface area contributed by atoms with Gasteiger partial charge in [-0.3, -0.25) is 4.79 Å². The lowest BCUT2D eigenvalue weighted by molar-refractivity contribution is -0.113. The molecule has 9 heteroatoms. The van der Waals surface area contributed by atoms with Crippen molar-refractivity contribution in [3.63, 3.8) is 0 Å². The van der Waals surface area contributed by atoms with Crippen molar-refractivity contribution in [3.8, 4) is 23.0 Å². The van der Waals surface area contributed by atoms with E-state index in [1.807, 2.05) is 24.3 Å². The highest BCUT2D eigenvalue weighted by Crippen LogP contribution is 2.38. The maximum Gasteiger partial charge on any atom is 0.286 e. The fraction of sp³-hybridized carbons (Fsp3) is 0.200. The molecule has 1 amide bonds. The van der Waals surface area contributed by atoms with Gasteiger partial charge >= 0.3 is 0 Å². The minimum atomic E-state index is -0.376. The molecule has 0 saturated heterocycles. The number of methoxy groups -OCH3 is 2. The van der Waals surface area contributed by atoms with Crippen LogP contribution in [0, 0.1) is 0 Å². The first-order valence-electron chi connectivity index (χ1n) is 8.55. The van der Waals surface area contributed by atoms with E-state index < -0.39 is 0 Å². The van der Waals surface area contributed by atoms with E-state index in [0.29, 0.717) is 39.3 Å². The van der Waals surface area contributed by atoms with Crippen LogP contribution in [0.1, 0.15) is 5.56 Å². The summed E-state index contributed by atoms with van der Waals surface area (Å²) < 4.78 is 21.9. The van der Waals surface area contributed by atoms with Crippen LogP contribution in [0.3, 0.4) is 0 Å². The van der Waals surface area contributed by atoms with Crippen molar-refractivity contribution < 1.29 is 23.7 Å². The van der Waals surface area contributed by atoms with Gasteiger partial charge in [-0.15, -0.1) is 0 Å². The highest BCUT2D eigenvalue weighted by atomic mass is 35.5. The zero-order valence-electron chi connectivity index (χ0n) is 15.8. The molecule has 29 heavy (non-hydrogen) atoms. The van der Waals surface area contributed by atoms with Crippen molar-refractivity contribution in [1.29, 1.82) is 0 Å². The predicted octanol–water partition coefficient (Wildman–Crippen LogP) is 3.74. The Morgan fingerprint density at radius 2 is 1.76 bits per heavy atom. The quantitative estimate of drug-likeness (QED) is 0.499. The molecule has 0 fully saturated rings. The molecule has 2 N–H and O–H groups in total. The van der Waals surface area contributed by atoms with Gasteiger partial charge in [0.2, 0.25) is 0 Å². The molecule has 0 unspecified atom stereocenters. The van der Waals surface area contributed by atoms with Crippen LogP contribution in [-0.2, 0) is 4.79 Å². The monoisotopic (exact) mass is 434 g/mol. The molecule has 7 nitrogen and oxygen atoms in total. The molecule has 1 aliphatic heterocycles. The fourth-order valence-electron chi connectivity index (χ4n) is 2.52. The Labute approximate surface area is 177 Å². The molecule has 0 aromatic heterocycles. The van der Waals surface area contributed by atoms with E-state index in [0.717, 1.165) is 17.5 Å². The first kappa shape index (κ1) is 20.9. The SMILES string of the molecule is COc1ccc(OCCOc2c(Cl)cc(C=C3SC(N)=NC3=O)cc2OC)cc1. The number of halogens is 1. The lowest BCUT2D eigenvalue weighted by Crippen LogP contribution is -2.10. The largest absolute Gasteiger partial charge is 0.497 e. The molecule has 1 heterocycles. The van der Waals surface area contributed by atoms with Crippen LogP contribution in [0.25, 0.3) is 6.08 Å². The summed E-state index contributed by atoms with van der Waals surface area (Å²) in [6.07, 6.45) is 1.65. The number of aliphatic imine (C=N–C) groups is 1. The number of rotatable bonds is 8. The zero-order chi connectivity index (χ0) is 20.8. The number of carbonyl (C=O) groups is 1.